The Morgan fingerprint density at radius 2 is 2.50 bits per heavy atom. The average molecular weight is 250 g/mol. The van der Waals surface area contributed by atoms with Crippen LogP contribution in [-0.4, -0.2) is 55.3 Å². The number of pyridine rings is 1. The fourth-order valence-electron chi connectivity index (χ4n) is 2.00. The number of carbonyl (C=O) groups is 1. The number of carbonyl (C=O) groups excluding carboxylic acids is 1. The van der Waals surface area contributed by atoms with E-state index in [-0.39, 0.29) is 5.97 Å². The van der Waals surface area contributed by atoms with E-state index in [9.17, 15) is 4.79 Å². The van der Waals surface area contributed by atoms with E-state index in [1.807, 2.05) is 18.2 Å². The van der Waals surface area contributed by atoms with Gasteiger partial charge in [0.1, 0.15) is 0 Å². The highest BCUT2D eigenvalue weighted by Gasteiger charge is 2.26. The number of aromatic nitrogens is 1. The maximum absolute atomic E-state index is 11.4. The molecule has 1 atom stereocenters. The van der Waals surface area contributed by atoms with Gasteiger partial charge >= 0.3 is 5.97 Å². The van der Waals surface area contributed by atoms with Gasteiger partial charge in [0.15, 0.2) is 6.10 Å². The van der Waals surface area contributed by atoms with Gasteiger partial charge in [0, 0.05) is 37.9 Å². The van der Waals surface area contributed by atoms with Crippen LogP contribution in [0, 0.1) is 0 Å². The summed E-state index contributed by atoms with van der Waals surface area (Å²) in [6.07, 6.45) is 2.23. The highest BCUT2D eigenvalue weighted by Crippen LogP contribution is 2.07. The van der Waals surface area contributed by atoms with Gasteiger partial charge in [0.05, 0.1) is 13.7 Å². The van der Waals surface area contributed by atoms with E-state index < -0.39 is 6.10 Å². The molecule has 98 valence electrons. The van der Waals surface area contributed by atoms with Crippen molar-refractivity contribution < 1.29 is 14.3 Å². The molecule has 1 fully saturated rings. The Bertz CT molecular complexity index is 383. The molecule has 0 N–H and O–H groups in total. The lowest BCUT2D eigenvalue weighted by Crippen LogP contribution is -2.47. The number of esters is 1. The number of ether oxygens (including phenoxy) is 2. The molecular formula is C13H18N2O3. The maximum Gasteiger partial charge on any atom is 0.336 e. The normalized spacial score (nSPS) is 20.6. The molecule has 0 radical (unpaired) electrons. The van der Waals surface area contributed by atoms with Gasteiger partial charge in [-0.05, 0) is 12.1 Å². The first-order chi connectivity index (χ1) is 8.79. The molecule has 0 amide bonds. The Labute approximate surface area is 107 Å². The quantitative estimate of drug-likeness (QED) is 0.728. The van der Waals surface area contributed by atoms with Crippen LogP contribution in [0.15, 0.2) is 24.4 Å². The van der Waals surface area contributed by atoms with Gasteiger partial charge in [0.2, 0.25) is 0 Å². The summed E-state index contributed by atoms with van der Waals surface area (Å²) in [6.45, 7) is 2.90. The zero-order chi connectivity index (χ0) is 12.8. The van der Waals surface area contributed by atoms with Crippen molar-refractivity contribution in [1.29, 1.82) is 0 Å². The number of hydrogen-bond donors (Lipinski definition) is 0. The predicted octanol–water partition coefficient (Wildman–Crippen LogP) is 0.498. The van der Waals surface area contributed by atoms with Gasteiger partial charge in [-0.3, -0.25) is 9.88 Å². The fourth-order valence-corrected chi connectivity index (χ4v) is 2.00. The molecule has 5 heteroatoms. The molecule has 2 heterocycles. The van der Waals surface area contributed by atoms with Crippen LogP contribution in [0.2, 0.25) is 0 Å². The third-order valence-electron chi connectivity index (χ3n) is 3.02. The number of hydrogen-bond acceptors (Lipinski definition) is 5. The Hall–Kier alpha value is -1.46. The minimum atomic E-state index is -0.451. The number of rotatable bonds is 4. The maximum atomic E-state index is 11.4. The lowest BCUT2D eigenvalue weighted by atomic mass is 10.2. The number of morpholine rings is 1. The van der Waals surface area contributed by atoms with Gasteiger partial charge < -0.3 is 9.47 Å². The van der Waals surface area contributed by atoms with Crippen molar-refractivity contribution in [3.05, 3.63) is 30.1 Å². The molecule has 0 bridgehead atoms. The van der Waals surface area contributed by atoms with Crippen LogP contribution in [-0.2, 0) is 20.7 Å². The van der Waals surface area contributed by atoms with Crippen molar-refractivity contribution in [1.82, 2.24) is 9.88 Å². The lowest BCUT2D eigenvalue weighted by Gasteiger charge is -2.31. The van der Waals surface area contributed by atoms with Crippen LogP contribution < -0.4 is 0 Å². The summed E-state index contributed by atoms with van der Waals surface area (Å²) in [7, 11) is 1.39. The molecule has 1 aliphatic rings. The van der Waals surface area contributed by atoms with E-state index in [1.54, 1.807) is 6.20 Å². The second-order valence-corrected chi connectivity index (χ2v) is 4.25. The highest BCUT2D eigenvalue weighted by molar-refractivity contribution is 5.74. The summed E-state index contributed by atoms with van der Waals surface area (Å²) in [5, 5.41) is 0. The van der Waals surface area contributed by atoms with Crippen molar-refractivity contribution in [2.75, 3.05) is 33.4 Å². The molecule has 1 saturated heterocycles. The van der Waals surface area contributed by atoms with E-state index in [2.05, 4.69) is 9.88 Å². The molecule has 1 aromatic rings. The summed E-state index contributed by atoms with van der Waals surface area (Å²) in [4.78, 5) is 17.9. The zero-order valence-electron chi connectivity index (χ0n) is 10.5. The average Bonchev–Trinajstić information content (AvgIpc) is 2.45. The molecule has 0 aliphatic carbocycles. The Morgan fingerprint density at radius 1 is 1.61 bits per heavy atom. The van der Waals surface area contributed by atoms with E-state index in [4.69, 9.17) is 9.47 Å². The van der Waals surface area contributed by atoms with Gasteiger partial charge in [-0.2, -0.15) is 0 Å². The van der Waals surface area contributed by atoms with Gasteiger partial charge in [-0.1, -0.05) is 6.07 Å². The molecule has 18 heavy (non-hydrogen) atoms. The van der Waals surface area contributed by atoms with Gasteiger partial charge in [0.25, 0.3) is 0 Å². The van der Waals surface area contributed by atoms with E-state index in [1.165, 1.54) is 7.11 Å². The molecule has 0 spiro atoms. The van der Waals surface area contributed by atoms with Crippen LogP contribution in [0.3, 0.4) is 0 Å². The van der Waals surface area contributed by atoms with Crippen LogP contribution in [0.25, 0.3) is 0 Å². The van der Waals surface area contributed by atoms with Crippen LogP contribution >= 0.6 is 0 Å². The van der Waals surface area contributed by atoms with Crippen molar-refractivity contribution >= 4 is 5.97 Å². The van der Waals surface area contributed by atoms with Crippen LogP contribution in [0.4, 0.5) is 0 Å². The van der Waals surface area contributed by atoms with Crippen LogP contribution in [0.5, 0.6) is 0 Å². The SMILES string of the molecule is COC(=O)C1CN(CCc2ccccn2)CCO1. The molecule has 2 rings (SSSR count). The van der Waals surface area contributed by atoms with Crippen LogP contribution in [0.1, 0.15) is 5.69 Å². The van der Waals surface area contributed by atoms with E-state index in [0.29, 0.717) is 13.2 Å². The minimum absolute atomic E-state index is 0.294. The zero-order valence-corrected chi connectivity index (χ0v) is 10.5. The molecule has 0 saturated carbocycles. The first-order valence-corrected chi connectivity index (χ1v) is 6.11. The number of methoxy groups -OCH3 is 1. The summed E-state index contributed by atoms with van der Waals surface area (Å²) < 4.78 is 10.1. The molecule has 5 nitrogen and oxygen atoms in total. The van der Waals surface area contributed by atoms with Gasteiger partial charge in [-0.15, -0.1) is 0 Å². The topological polar surface area (TPSA) is 51.7 Å². The third kappa shape index (κ3) is 3.51. The predicted molar refractivity (Wildman–Crippen MR) is 66.1 cm³/mol. The summed E-state index contributed by atoms with van der Waals surface area (Å²) in [6, 6.07) is 5.91. The van der Waals surface area contributed by atoms with E-state index >= 15 is 0 Å². The first-order valence-electron chi connectivity index (χ1n) is 6.11. The molecule has 1 aliphatic heterocycles. The Kier molecular flexibility index (Phi) is 4.66. The van der Waals surface area contributed by atoms with Crippen molar-refractivity contribution in [3.8, 4) is 0 Å². The van der Waals surface area contributed by atoms with Gasteiger partial charge in [-0.25, -0.2) is 4.79 Å². The smallest absolute Gasteiger partial charge is 0.336 e. The standard InChI is InChI=1S/C13H18N2O3/c1-17-13(16)12-10-15(8-9-18-12)7-5-11-4-2-3-6-14-11/h2-4,6,12H,5,7-10H2,1H3. The summed E-state index contributed by atoms with van der Waals surface area (Å²) >= 11 is 0. The molecular weight excluding hydrogens is 232 g/mol. The third-order valence-corrected chi connectivity index (χ3v) is 3.02. The Balaban J connectivity index is 1.81. The fraction of sp³-hybridized carbons (Fsp3) is 0.538. The second kappa shape index (κ2) is 6.47. The largest absolute Gasteiger partial charge is 0.467 e. The monoisotopic (exact) mass is 250 g/mol. The van der Waals surface area contributed by atoms with E-state index in [0.717, 1.165) is 25.2 Å². The molecule has 1 aromatic heterocycles. The van der Waals surface area contributed by atoms with Crippen molar-refractivity contribution in [3.63, 3.8) is 0 Å². The summed E-state index contributed by atoms with van der Waals surface area (Å²) in [5.41, 5.74) is 1.07. The molecule has 0 aromatic carbocycles. The minimum Gasteiger partial charge on any atom is -0.467 e. The lowest BCUT2D eigenvalue weighted by molar-refractivity contribution is -0.159. The first kappa shape index (κ1) is 13.0. The number of nitrogens with zero attached hydrogens (tertiary/aromatic N) is 2. The molecule has 1 unspecified atom stereocenters. The highest BCUT2D eigenvalue weighted by atomic mass is 16.6. The Morgan fingerprint density at radius 3 is 3.22 bits per heavy atom. The summed E-state index contributed by atoms with van der Waals surface area (Å²) in [5.74, 6) is -0.294. The van der Waals surface area contributed by atoms with Crippen molar-refractivity contribution in [2.24, 2.45) is 0 Å². The second-order valence-electron chi connectivity index (χ2n) is 4.25. The van der Waals surface area contributed by atoms with Crippen molar-refractivity contribution in [2.45, 2.75) is 12.5 Å².